The molecule has 3 N–H and O–H groups in total. The van der Waals surface area contributed by atoms with Gasteiger partial charge in [0.1, 0.15) is 5.75 Å². The fourth-order valence-electron chi connectivity index (χ4n) is 2.26. The van der Waals surface area contributed by atoms with Crippen molar-refractivity contribution in [2.45, 2.75) is 27.7 Å². The van der Waals surface area contributed by atoms with Crippen LogP contribution in [0.15, 0.2) is 18.2 Å². The Kier molecular flexibility index (Phi) is 3.14. The van der Waals surface area contributed by atoms with Crippen molar-refractivity contribution in [2.24, 2.45) is 0 Å². The summed E-state index contributed by atoms with van der Waals surface area (Å²) in [5, 5.41) is 29.4. The van der Waals surface area contributed by atoms with Crippen LogP contribution in [0.4, 0.5) is 0 Å². The van der Waals surface area contributed by atoms with E-state index in [2.05, 4.69) is 0 Å². The average molecular weight is 258 g/mol. The zero-order valence-electron chi connectivity index (χ0n) is 11.6. The molecule has 0 heterocycles. The molecule has 0 aliphatic rings. The summed E-state index contributed by atoms with van der Waals surface area (Å²) >= 11 is 0. The summed E-state index contributed by atoms with van der Waals surface area (Å²) in [6.07, 6.45) is 0. The molecule has 0 atom stereocenters. The average Bonchev–Trinajstić information content (AvgIpc) is 2.36. The molecule has 0 aliphatic heterocycles. The van der Waals surface area contributed by atoms with Crippen molar-refractivity contribution < 1.29 is 15.3 Å². The SMILES string of the molecule is Cc1cc(-c2cc(C)c(O)c(O)c2C)c(C)cc1O. The van der Waals surface area contributed by atoms with E-state index in [0.717, 1.165) is 22.3 Å². The molecule has 3 nitrogen and oxygen atoms in total. The maximum atomic E-state index is 9.94. The second kappa shape index (κ2) is 4.50. The highest BCUT2D eigenvalue weighted by molar-refractivity contribution is 5.76. The van der Waals surface area contributed by atoms with Crippen molar-refractivity contribution in [3.8, 4) is 28.4 Å². The van der Waals surface area contributed by atoms with E-state index < -0.39 is 0 Å². The van der Waals surface area contributed by atoms with Gasteiger partial charge in [-0.3, -0.25) is 0 Å². The van der Waals surface area contributed by atoms with Crippen LogP contribution in [0.2, 0.25) is 0 Å². The molecule has 0 fully saturated rings. The molecule has 0 amide bonds. The van der Waals surface area contributed by atoms with Gasteiger partial charge < -0.3 is 15.3 Å². The quantitative estimate of drug-likeness (QED) is 0.683. The molecule has 3 heteroatoms. The van der Waals surface area contributed by atoms with Crippen molar-refractivity contribution in [1.82, 2.24) is 0 Å². The highest BCUT2D eigenvalue weighted by Gasteiger charge is 2.15. The van der Waals surface area contributed by atoms with Gasteiger partial charge in [-0.05, 0) is 73.7 Å². The summed E-state index contributed by atoms with van der Waals surface area (Å²) in [4.78, 5) is 0. The lowest BCUT2D eigenvalue weighted by molar-refractivity contribution is 0.399. The number of phenolic OH excluding ortho intramolecular Hbond substituents is 3. The van der Waals surface area contributed by atoms with Gasteiger partial charge in [0.2, 0.25) is 0 Å². The first-order valence-electron chi connectivity index (χ1n) is 6.15. The number of hydrogen-bond acceptors (Lipinski definition) is 3. The summed E-state index contributed by atoms with van der Waals surface area (Å²) in [5.74, 6) is 0.105. The molecule has 0 saturated heterocycles. The first kappa shape index (κ1) is 13.3. The van der Waals surface area contributed by atoms with Gasteiger partial charge in [0, 0.05) is 5.56 Å². The lowest BCUT2D eigenvalue weighted by Gasteiger charge is -2.15. The molecule has 0 unspecified atom stereocenters. The van der Waals surface area contributed by atoms with Gasteiger partial charge in [-0.15, -0.1) is 0 Å². The van der Waals surface area contributed by atoms with E-state index in [4.69, 9.17) is 0 Å². The standard InChI is InChI=1S/C16H18O3/c1-8-7-14(17)9(2)5-12(8)13-6-10(3)15(18)16(19)11(13)4/h5-7,17-19H,1-4H3. The van der Waals surface area contributed by atoms with Crippen molar-refractivity contribution in [3.63, 3.8) is 0 Å². The molecular formula is C16H18O3. The molecule has 0 spiro atoms. The third-order valence-electron chi connectivity index (χ3n) is 3.55. The van der Waals surface area contributed by atoms with Gasteiger partial charge in [-0.1, -0.05) is 0 Å². The van der Waals surface area contributed by atoms with Crippen LogP contribution >= 0.6 is 0 Å². The lowest BCUT2D eigenvalue weighted by atomic mass is 9.92. The third kappa shape index (κ3) is 2.12. The molecule has 0 aromatic heterocycles. The van der Waals surface area contributed by atoms with Crippen molar-refractivity contribution in [3.05, 3.63) is 40.5 Å². The van der Waals surface area contributed by atoms with Crippen LogP contribution in [0.3, 0.4) is 0 Å². The normalized spacial score (nSPS) is 10.7. The van der Waals surface area contributed by atoms with Crippen LogP contribution < -0.4 is 0 Å². The summed E-state index contributed by atoms with van der Waals surface area (Å²) < 4.78 is 0. The van der Waals surface area contributed by atoms with E-state index in [0.29, 0.717) is 11.1 Å². The van der Waals surface area contributed by atoms with Crippen molar-refractivity contribution >= 4 is 0 Å². The Morgan fingerprint density at radius 3 is 1.84 bits per heavy atom. The number of benzene rings is 2. The van der Waals surface area contributed by atoms with E-state index >= 15 is 0 Å². The molecule has 0 bridgehead atoms. The minimum absolute atomic E-state index is 0.0746. The van der Waals surface area contributed by atoms with Crippen LogP contribution in [-0.2, 0) is 0 Å². The third-order valence-corrected chi connectivity index (χ3v) is 3.55. The number of hydrogen-bond donors (Lipinski definition) is 3. The minimum Gasteiger partial charge on any atom is -0.508 e. The highest BCUT2D eigenvalue weighted by atomic mass is 16.3. The lowest BCUT2D eigenvalue weighted by Crippen LogP contribution is -1.91. The predicted octanol–water partition coefficient (Wildman–Crippen LogP) is 3.70. The largest absolute Gasteiger partial charge is 0.508 e. The molecule has 2 aromatic rings. The molecule has 100 valence electrons. The highest BCUT2D eigenvalue weighted by Crippen LogP contribution is 2.40. The molecule has 2 aromatic carbocycles. The van der Waals surface area contributed by atoms with E-state index in [-0.39, 0.29) is 17.2 Å². The van der Waals surface area contributed by atoms with E-state index in [1.54, 1.807) is 19.9 Å². The predicted molar refractivity (Wildman–Crippen MR) is 75.8 cm³/mol. The van der Waals surface area contributed by atoms with Crippen LogP contribution in [-0.4, -0.2) is 15.3 Å². The van der Waals surface area contributed by atoms with Crippen molar-refractivity contribution in [2.75, 3.05) is 0 Å². The minimum atomic E-state index is -0.0832. The van der Waals surface area contributed by atoms with Crippen LogP contribution in [0.1, 0.15) is 22.3 Å². The topological polar surface area (TPSA) is 60.7 Å². The smallest absolute Gasteiger partial charge is 0.161 e. The van der Waals surface area contributed by atoms with Gasteiger partial charge in [0.25, 0.3) is 0 Å². The Morgan fingerprint density at radius 1 is 0.632 bits per heavy atom. The maximum Gasteiger partial charge on any atom is 0.161 e. The van der Waals surface area contributed by atoms with Gasteiger partial charge in [0.15, 0.2) is 11.5 Å². The second-order valence-electron chi connectivity index (χ2n) is 5.02. The summed E-state index contributed by atoms with van der Waals surface area (Å²) in [5.41, 5.74) is 4.79. The monoisotopic (exact) mass is 258 g/mol. The Balaban J connectivity index is 2.76. The van der Waals surface area contributed by atoms with Crippen LogP contribution in [0, 0.1) is 27.7 Å². The molecule has 0 saturated carbocycles. The summed E-state index contributed by atoms with van der Waals surface area (Å²) in [6, 6.07) is 5.45. The fourth-order valence-corrected chi connectivity index (χ4v) is 2.26. The Hall–Kier alpha value is -2.16. The first-order valence-corrected chi connectivity index (χ1v) is 6.15. The molecule has 2 rings (SSSR count). The first-order chi connectivity index (χ1) is 8.82. The van der Waals surface area contributed by atoms with Gasteiger partial charge >= 0.3 is 0 Å². The number of rotatable bonds is 1. The van der Waals surface area contributed by atoms with E-state index in [9.17, 15) is 15.3 Å². The van der Waals surface area contributed by atoms with Crippen molar-refractivity contribution in [1.29, 1.82) is 0 Å². The number of aryl methyl sites for hydroxylation is 3. The van der Waals surface area contributed by atoms with E-state index in [1.807, 2.05) is 26.0 Å². The Bertz CT molecular complexity index is 658. The molecule has 0 aliphatic carbocycles. The fraction of sp³-hybridized carbons (Fsp3) is 0.250. The number of phenols is 3. The molecular weight excluding hydrogens is 240 g/mol. The Morgan fingerprint density at radius 2 is 1.21 bits per heavy atom. The zero-order valence-corrected chi connectivity index (χ0v) is 11.6. The van der Waals surface area contributed by atoms with Gasteiger partial charge in [-0.25, -0.2) is 0 Å². The second-order valence-corrected chi connectivity index (χ2v) is 5.02. The summed E-state index contributed by atoms with van der Waals surface area (Å²) in [7, 11) is 0. The van der Waals surface area contributed by atoms with Gasteiger partial charge in [-0.2, -0.15) is 0 Å². The van der Waals surface area contributed by atoms with E-state index in [1.165, 1.54) is 0 Å². The summed E-state index contributed by atoms with van der Waals surface area (Å²) in [6.45, 7) is 7.26. The Labute approximate surface area is 112 Å². The molecule has 0 radical (unpaired) electrons. The molecule has 19 heavy (non-hydrogen) atoms. The number of aromatic hydroxyl groups is 3. The maximum absolute atomic E-state index is 9.94. The van der Waals surface area contributed by atoms with Gasteiger partial charge in [0.05, 0.1) is 0 Å². The zero-order chi connectivity index (χ0) is 14.3. The van der Waals surface area contributed by atoms with Crippen LogP contribution in [0.25, 0.3) is 11.1 Å². The van der Waals surface area contributed by atoms with Crippen LogP contribution in [0.5, 0.6) is 17.2 Å².